The Morgan fingerprint density at radius 2 is 2.33 bits per heavy atom. The quantitative estimate of drug-likeness (QED) is 0.634. The maximum Gasteiger partial charge on any atom is 0.271 e. The highest BCUT2D eigenvalue weighted by Gasteiger charge is 2.23. The number of likely N-dealkylation sites (tertiary alicyclic amines) is 1. The molecule has 0 aromatic heterocycles. The van der Waals surface area contributed by atoms with Gasteiger partial charge in [-0.2, -0.15) is 0 Å². The number of benzene rings is 1. The summed E-state index contributed by atoms with van der Waals surface area (Å²) in [5.74, 6) is -0.00916. The number of nitro benzene ring substituents is 1. The van der Waals surface area contributed by atoms with Crippen LogP contribution in [0.3, 0.4) is 0 Å². The molecule has 114 valence electrons. The fourth-order valence-electron chi connectivity index (χ4n) is 2.32. The molecule has 1 atom stereocenters. The predicted octanol–water partition coefficient (Wildman–Crippen LogP) is 1.50. The lowest BCUT2D eigenvalue weighted by atomic mass is 10.1. The van der Waals surface area contributed by atoms with Crippen molar-refractivity contribution in [1.29, 1.82) is 0 Å². The number of anilines is 1. The Bertz CT molecular complexity index is 552. The van der Waals surface area contributed by atoms with Crippen molar-refractivity contribution in [2.24, 2.45) is 5.92 Å². The van der Waals surface area contributed by atoms with E-state index in [0.717, 1.165) is 13.0 Å². The van der Waals surface area contributed by atoms with Gasteiger partial charge in [0.1, 0.15) is 0 Å². The molecular weight excluding hydrogens is 298 g/mol. The van der Waals surface area contributed by atoms with Gasteiger partial charge in [0, 0.05) is 25.3 Å². The average Bonchev–Trinajstić information content (AvgIpc) is 2.88. The molecule has 2 rings (SSSR count). The van der Waals surface area contributed by atoms with Crippen molar-refractivity contribution in [3.8, 4) is 0 Å². The van der Waals surface area contributed by atoms with Crippen molar-refractivity contribution in [2.45, 2.75) is 6.42 Å². The van der Waals surface area contributed by atoms with Crippen LogP contribution >= 0.6 is 11.6 Å². The summed E-state index contributed by atoms with van der Waals surface area (Å²) in [6.07, 6.45) is 0.877. The average molecular weight is 314 g/mol. The Labute approximate surface area is 126 Å². The molecule has 1 fully saturated rings. The van der Waals surface area contributed by atoms with Crippen LogP contribution in [-0.2, 0) is 4.79 Å². The fraction of sp³-hybridized carbons (Fsp3) is 0.462. The number of halogens is 1. The van der Waals surface area contributed by atoms with E-state index in [-0.39, 0.29) is 35.7 Å². The number of nitrogens with zero attached hydrogens (tertiary/aromatic N) is 2. The summed E-state index contributed by atoms with van der Waals surface area (Å²) in [7, 11) is 0. The van der Waals surface area contributed by atoms with Crippen LogP contribution in [0.4, 0.5) is 11.4 Å². The molecule has 1 heterocycles. The Hall–Kier alpha value is -1.70. The summed E-state index contributed by atoms with van der Waals surface area (Å²) >= 11 is 5.91. The van der Waals surface area contributed by atoms with Gasteiger partial charge in [0.15, 0.2) is 0 Å². The number of nitro groups is 1. The number of aliphatic hydroxyl groups excluding tert-OH is 1. The Morgan fingerprint density at radius 1 is 1.57 bits per heavy atom. The van der Waals surface area contributed by atoms with Gasteiger partial charge >= 0.3 is 0 Å². The summed E-state index contributed by atoms with van der Waals surface area (Å²) in [5.41, 5.74) is 0.230. The highest BCUT2D eigenvalue weighted by Crippen LogP contribution is 2.26. The van der Waals surface area contributed by atoms with E-state index in [1.54, 1.807) is 0 Å². The zero-order chi connectivity index (χ0) is 15.4. The Morgan fingerprint density at radius 3 is 2.90 bits per heavy atom. The van der Waals surface area contributed by atoms with Gasteiger partial charge in [-0.15, -0.1) is 0 Å². The number of nitrogens with one attached hydrogen (secondary N) is 1. The molecule has 0 spiro atoms. The van der Waals surface area contributed by atoms with Gasteiger partial charge in [-0.1, -0.05) is 11.6 Å². The molecule has 1 aliphatic heterocycles. The first kappa shape index (κ1) is 15.7. The third-order valence-corrected chi connectivity index (χ3v) is 3.75. The number of rotatable bonds is 5. The van der Waals surface area contributed by atoms with Crippen LogP contribution in [0.15, 0.2) is 18.2 Å². The number of hydrogen-bond acceptors (Lipinski definition) is 5. The number of hydrogen-bond donors (Lipinski definition) is 2. The molecule has 8 heteroatoms. The number of non-ortho nitro benzene ring substituents is 1. The molecular formula is C13H16ClN3O4. The van der Waals surface area contributed by atoms with Crippen molar-refractivity contribution in [3.05, 3.63) is 33.3 Å². The summed E-state index contributed by atoms with van der Waals surface area (Å²) in [4.78, 5) is 23.9. The van der Waals surface area contributed by atoms with Crippen molar-refractivity contribution < 1.29 is 14.8 Å². The highest BCUT2D eigenvalue weighted by molar-refractivity contribution is 6.34. The lowest BCUT2D eigenvalue weighted by Gasteiger charge is -2.15. The van der Waals surface area contributed by atoms with E-state index in [4.69, 9.17) is 16.7 Å². The zero-order valence-corrected chi connectivity index (χ0v) is 12.0. The topological polar surface area (TPSA) is 95.7 Å². The van der Waals surface area contributed by atoms with Gasteiger partial charge in [-0.25, -0.2) is 0 Å². The first-order chi connectivity index (χ1) is 9.99. The van der Waals surface area contributed by atoms with Crippen molar-refractivity contribution >= 4 is 28.9 Å². The molecule has 1 unspecified atom stereocenters. The zero-order valence-electron chi connectivity index (χ0n) is 11.3. The van der Waals surface area contributed by atoms with E-state index >= 15 is 0 Å². The number of carbonyl (C=O) groups excluding carboxylic acids is 1. The first-order valence-corrected chi connectivity index (χ1v) is 6.94. The van der Waals surface area contributed by atoms with E-state index < -0.39 is 4.92 Å². The van der Waals surface area contributed by atoms with E-state index in [0.29, 0.717) is 12.2 Å². The summed E-state index contributed by atoms with van der Waals surface area (Å²) in [6, 6.07) is 3.91. The van der Waals surface area contributed by atoms with Gasteiger partial charge in [-0.05, 0) is 24.9 Å². The number of aliphatic hydroxyl groups is 1. The van der Waals surface area contributed by atoms with Crippen LogP contribution in [0.2, 0.25) is 5.02 Å². The van der Waals surface area contributed by atoms with E-state index in [2.05, 4.69) is 5.32 Å². The number of amides is 1. The van der Waals surface area contributed by atoms with Crippen molar-refractivity contribution in [1.82, 2.24) is 4.90 Å². The standard InChI is InChI=1S/C13H16ClN3O4/c14-11-5-10(17(20)21)1-2-12(11)15-13(19)7-16-4-3-9(6-16)8-18/h1-2,5,9,18H,3-4,6-8H2,(H,15,19). The van der Waals surface area contributed by atoms with Gasteiger partial charge in [0.25, 0.3) is 5.69 Å². The second-order valence-electron chi connectivity index (χ2n) is 5.04. The molecule has 0 saturated carbocycles. The van der Waals surface area contributed by atoms with Crippen molar-refractivity contribution in [2.75, 3.05) is 31.6 Å². The maximum absolute atomic E-state index is 11.9. The van der Waals surface area contributed by atoms with Gasteiger partial charge < -0.3 is 10.4 Å². The smallest absolute Gasteiger partial charge is 0.271 e. The highest BCUT2D eigenvalue weighted by atomic mass is 35.5. The fourth-order valence-corrected chi connectivity index (χ4v) is 2.54. The van der Waals surface area contributed by atoms with Crippen LogP contribution in [0.25, 0.3) is 0 Å². The Balaban J connectivity index is 1.92. The molecule has 2 N–H and O–H groups in total. The maximum atomic E-state index is 11.9. The van der Waals surface area contributed by atoms with Crippen LogP contribution < -0.4 is 5.32 Å². The second-order valence-corrected chi connectivity index (χ2v) is 5.45. The SMILES string of the molecule is O=C(CN1CCC(CO)C1)Nc1ccc([N+](=O)[O-])cc1Cl. The minimum atomic E-state index is -0.545. The van der Waals surface area contributed by atoms with E-state index in [9.17, 15) is 14.9 Å². The molecule has 1 aliphatic rings. The molecule has 1 saturated heterocycles. The van der Waals surface area contributed by atoms with Gasteiger partial charge in [0.2, 0.25) is 5.91 Å². The summed E-state index contributed by atoms with van der Waals surface area (Å²) in [5, 5.41) is 22.4. The molecule has 21 heavy (non-hydrogen) atoms. The van der Waals surface area contributed by atoms with E-state index in [1.165, 1.54) is 18.2 Å². The van der Waals surface area contributed by atoms with Gasteiger partial charge in [-0.3, -0.25) is 19.8 Å². The molecule has 7 nitrogen and oxygen atoms in total. The molecule has 0 aliphatic carbocycles. The third kappa shape index (κ3) is 4.13. The number of carbonyl (C=O) groups is 1. The second kappa shape index (κ2) is 6.84. The van der Waals surface area contributed by atoms with Crippen LogP contribution in [0.1, 0.15) is 6.42 Å². The summed E-state index contributed by atoms with van der Waals surface area (Å²) in [6.45, 7) is 1.81. The Kier molecular flexibility index (Phi) is 5.11. The normalized spacial score (nSPS) is 18.7. The van der Waals surface area contributed by atoms with Crippen LogP contribution in [0.5, 0.6) is 0 Å². The molecule has 0 bridgehead atoms. The minimum Gasteiger partial charge on any atom is -0.396 e. The minimum absolute atomic E-state index is 0.122. The van der Waals surface area contributed by atoms with Crippen LogP contribution in [-0.4, -0.2) is 47.1 Å². The molecule has 1 amide bonds. The lowest BCUT2D eigenvalue weighted by molar-refractivity contribution is -0.384. The molecule has 1 aromatic carbocycles. The summed E-state index contributed by atoms with van der Waals surface area (Å²) < 4.78 is 0. The van der Waals surface area contributed by atoms with Gasteiger partial charge in [0.05, 0.1) is 22.2 Å². The van der Waals surface area contributed by atoms with E-state index in [1.807, 2.05) is 4.90 Å². The largest absolute Gasteiger partial charge is 0.396 e. The lowest BCUT2D eigenvalue weighted by Crippen LogP contribution is -2.32. The predicted molar refractivity (Wildman–Crippen MR) is 78.4 cm³/mol. The van der Waals surface area contributed by atoms with Crippen LogP contribution in [0, 0.1) is 16.0 Å². The first-order valence-electron chi connectivity index (χ1n) is 6.56. The monoisotopic (exact) mass is 313 g/mol. The molecule has 1 aromatic rings. The third-order valence-electron chi connectivity index (χ3n) is 3.43. The molecule has 0 radical (unpaired) electrons. The van der Waals surface area contributed by atoms with Crippen molar-refractivity contribution in [3.63, 3.8) is 0 Å².